The molecule has 0 spiro atoms. The fourth-order valence-corrected chi connectivity index (χ4v) is 2.49. The van der Waals surface area contributed by atoms with Gasteiger partial charge >= 0.3 is 0 Å². The number of rotatable bonds is 1. The average molecular weight is 318 g/mol. The van der Waals surface area contributed by atoms with Gasteiger partial charge in [0.1, 0.15) is 28.2 Å². The Bertz CT molecular complexity index is 866. The Balaban J connectivity index is 2.21. The van der Waals surface area contributed by atoms with Crippen molar-refractivity contribution < 1.29 is 10.2 Å². The minimum atomic E-state index is -0.275. The molecule has 0 unspecified atom stereocenters. The first-order valence-corrected chi connectivity index (χ1v) is 7.23. The minimum absolute atomic E-state index is 0.0495. The van der Waals surface area contributed by atoms with Gasteiger partial charge in [0, 0.05) is 16.7 Å². The molecule has 0 bridgehead atoms. The largest absolute Gasteiger partial charge is 0.508 e. The van der Waals surface area contributed by atoms with Gasteiger partial charge in [0.05, 0.1) is 0 Å². The molecule has 2 N–H and O–H groups in total. The summed E-state index contributed by atoms with van der Waals surface area (Å²) >= 11 is 5.95. The third-order valence-corrected chi connectivity index (χ3v) is 3.69. The zero-order valence-corrected chi connectivity index (χ0v) is 13.3. The van der Waals surface area contributed by atoms with Gasteiger partial charge in [0.15, 0.2) is 0 Å². The highest BCUT2D eigenvalue weighted by molar-refractivity contribution is 6.31. The van der Waals surface area contributed by atoms with Gasteiger partial charge in [-0.3, -0.25) is 0 Å². The molecule has 0 atom stereocenters. The van der Waals surface area contributed by atoms with Crippen LogP contribution in [0.1, 0.15) is 26.3 Å². The van der Waals surface area contributed by atoms with Gasteiger partial charge in [-0.2, -0.15) is 0 Å². The first-order valence-electron chi connectivity index (χ1n) is 6.85. The van der Waals surface area contributed by atoms with Crippen LogP contribution >= 0.6 is 11.6 Å². The summed E-state index contributed by atoms with van der Waals surface area (Å²) in [6, 6.07) is 8.23. The van der Waals surface area contributed by atoms with Gasteiger partial charge in [-0.05, 0) is 29.7 Å². The Hall–Kier alpha value is -2.27. The normalized spacial score (nSPS) is 12.0. The lowest BCUT2D eigenvalue weighted by molar-refractivity contribution is 0.428. The molecule has 1 heterocycles. The van der Waals surface area contributed by atoms with E-state index in [0.29, 0.717) is 27.3 Å². The second kappa shape index (κ2) is 4.88. The predicted molar refractivity (Wildman–Crippen MR) is 85.9 cm³/mol. The van der Waals surface area contributed by atoms with E-state index in [1.54, 1.807) is 24.3 Å². The van der Waals surface area contributed by atoms with Gasteiger partial charge in [-0.1, -0.05) is 32.4 Å². The molecule has 3 aromatic rings. The van der Waals surface area contributed by atoms with Crippen LogP contribution in [-0.4, -0.2) is 25.2 Å². The quantitative estimate of drug-likeness (QED) is 0.716. The number of phenols is 2. The van der Waals surface area contributed by atoms with Crippen LogP contribution in [0.3, 0.4) is 0 Å². The average Bonchev–Trinajstić information content (AvgIpc) is 2.79. The van der Waals surface area contributed by atoms with E-state index in [1.807, 2.05) is 20.8 Å². The van der Waals surface area contributed by atoms with E-state index < -0.39 is 0 Å². The van der Waals surface area contributed by atoms with Crippen LogP contribution in [0.4, 0.5) is 0 Å². The third-order valence-electron chi connectivity index (χ3n) is 3.46. The summed E-state index contributed by atoms with van der Waals surface area (Å²) in [6.07, 6.45) is 0. The molecule has 22 heavy (non-hydrogen) atoms. The van der Waals surface area contributed by atoms with Crippen molar-refractivity contribution in [1.82, 2.24) is 15.0 Å². The summed E-state index contributed by atoms with van der Waals surface area (Å²) in [7, 11) is 0. The van der Waals surface area contributed by atoms with Crippen molar-refractivity contribution >= 4 is 22.6 Å². The topological polar surface area (TPSA) is 71.2 Å². The third kappa shape index (κ3) is 2.48. The standard InChI is InChI=1S/C16H16ClN3O2/c1-16(2,3)10-7-13(15(22)8-14(10)21)20-18-11-5-4-9(17)6-12(11)19-20/h4-8,21-22H,1-3H3. The molecule has 3 rings (SSSR count). The Labute approximate surface area is 132 Å². The van der Waals surface area contributed by atoms with E-state index >= 15 is 0 Å². The Morgan fingerprint density at radius 1 is 0.955 bits per heavy atom. The van der Waals surface area contributed by atoms with E-state index in [-0.39, 0.29) is 16.9 Å². The lowest BCUT2D eigenvalue weighted by Crippen LogP contribution is -2.12. The maximum atomic E-state index is 10.1. The number of halogens is 1. The minimum Gasteiger partial charge on any atom is -0.508 e. The molecular formula is C16H16ClN3O2. The zero-order valence-electron chi connectivity index (χ0n) is 12.5. The molecule has 0 saturated heterocycles. The first-order chi connectivity index (χ1) is 10.3. The fourth-order valence-electron chi connectivity index (χ4n) is 2.32. The maximum absolute atomic E-state index is 10.1. The molecular weight excluding hydrogens is 302 g/mol. The molecule has 0 amide bonds. The zero-order chi connectivity index (χ0) is 16.1. The number of benzene rings is 2. The van der Waals surface area contributed by atoms with E-state index in [0.717, 1.165) is 0 Å². The van der Waals surface area contributed by atoms with Crippen LogP contribution in [-0.2, 0) is 5.41 Å². The van der Waals surface area contributed by atoms with Crippen LogP contribution in [0.5, 0.6) is 11.5 Å². The SMILES string of the molecule is CC(C)(C)c1cc(-n2nc3ccc(Cl)cc3n2)c(O)cc1O. The smallest absolute Gasteiger partial charge is 0.146 e. The number of aromatic nitrogens is 3. The highest BCUT2D eigenvalue weighted by Gasteiger charge is 2.22. The summed E-state index contributed by atoms with van der Waals surface area (Å²) in [6.45, 7) is 5.95. The van der Waals surface area contributed by atoms with E-state index in [4.69, 9.17) is 11.6 Å². The molecule has 0 aliphatic heterocycles. The van der Waals surface area contributed by atoms with Gasteiger partial charge in [-0.15, -0.1) is 15.0 Å². The van der Waals surface area contributed by atoms with Crippen molar-refractivity contribution in [1.29, 1.82) is 0 Å². The summed E-state index contributed by atoms with van der Waals surface area (Å²) in [5.41, 5.74) is 2.16. The van der Waals surface area contributed by atoms with Crippen LogP contribution in [0, 0.1) is 0 Å². The van der Waals surface area contributed by atoms with E-state index in [2.05, 4.69) is 10.2 Å². The molecule has 0 saturated carbocycles. The number of hydrogen-bond acceptors (Lipinski definition) is 4. The van der Waals surface area contributed by atoms with Crippen molar-refractivity contribution in [2.24, 2.45) is 0 Å². The van der Waals surface area contributed by atoms with Crippen molar-refractivity contribution in [3.05, 3.63) is 40.9 Å². The van der Waals surface area contributed by atoms with E-state index in [1.165, 1.54) is 10.9 Å². The van der Waals surface area contributed by atoms with Crippen LogP contribution < -0.4 is 0 Å². The van der Waals surface area contributed by atoms with Crippen LogP contribution in [0.2, 0.25) is 5.02 Å². The molecule has 0 aliphatic carbocycles. The molecule has 1 aromatic heterocycles. The highest BCUT2D eigenvalue weighted by Crippen LogP contribution is 2.36. The molecule has 0 fully saturated rings. The molecule has 0 aliphatic rings. The number of aromatic hydroxyl groups is 2. The van der Waals surface area contributed by atoms with Crippen molar-refractivity contribution in [2.75, 3.05) is 0 Å². The summed E-state index contributed by atoms with van der Waals surface area (Å²) in [5.74, 6) is -0.0367. The Morgan fingerprint density at radius 2 is 1.64 bits per heavy atom. The van der Waals surface area contributed by atoms with Gasteiger partial charge < -0.3 is 10.2 Å². The number of phenolic OH excluding ortho intramolecular Hbond substituents is 2. The second-order valence-electron chi connectivity index (χ2n) is 6.23. The molecule has 0 radical (unpaired) electrons. The van der Waals surface area contributed by atoms with Crippen molar-refractivity contribution in [3.8, 4) is 17.2 Å². The molecule has 2 aromatic carbocycles. The van der Waals surface area contributed by atoms with Crippen LogP contribution in [0.25, 0.3) is 16.7 Å². The molecule has 5 nitrogen and oxygen atoms in total. The van der Waals surface area contributed by atoms with Gasteiger partial charge in [0.25, 0.3) is 0 Å². The molecule has 6 heteroatoms. The summed E-state index contributed by atoms with van der Waals surface area (Å²) in [5, 5.41) is 29.4. The Kier molecular flexibility index (Phi) is 3.25. The van der Waals surface area contributed by atoms with Crippen molar-refractivity contribution in [2.45, 2.75) is 26.2 Å². The predicted octanol–water partition coefficient (Wildman–Crippen LogP) is 3.78. The number of fused-ring (bicyclic) bond motifs is 1. The fraction of sp³-hybridized carbons (Fsp3) is 0.250. The lowest BCUT2D eigenvalue weighted by atomic mass is 9.86. The van der Waals surface area contributed by atoms with Crippen LogP contribution in [0.15, 0.2) is 30.3 Å². The monoisotopic (exact) mass is 317 g/mol. The highest BCUT2D eigenvalue weighted by atomic mass is 35.5. The number of hydrogen-bond donors (Lipinski definition) is 2. The van der Waals surface area contributed by atoms with Gasteiger partial charge in [0.2, 0.25) is 0 Å². The lowest BCUT2D eigenvalue weighted by Gasteiger charge is -2.21. The van der Waals surface area contributed by atoms with E-state index in [9.17, 15) is 10.2 Å². The molecule has 114 valence electrons. The number of nitrogens with zero attached hydrogens (tertiary/aromatic N) is 3. The Morgan fingerprint density at radius 3 is 2.32 bits per heavy atom. The van der Waals surface area contributed by atoms with Gasteiger partial charge in [-0.25, -0.2) is 0 Å². The van der Waals surface area contributed by atoms with Crippen molar-refractivity contribution in [3.63, 3.8) is 0 Å². The first kappa shape index (κ1) is 14.7. The summed E-state index contributed by atoms with van der Waals surface area (Å²) < 4.78 is 0. The maximum Gasteiger partial charge on any atom is 0.146 e. The second-order valence-corrected chi connectivity index (χ2v) is 6.67. The summed E-state index contributed by atoms with van der Waals surface area (Å²) in [4.78, 5) is 1.35.